The van der Waals surface area contributed by atoms with Crippen molar-refractivity contribution in [2.75, 3.05) is 26.3 Å². The number of nitrogens with two attached hydrogens (primary N) is 2. The Morgan fingerprint density at radius 2 is 1.74 bits per heavy atom. The van der Waals surface area contributed by atoms with Crippen molar-refractivity contribution in [2.45, 2.75) is 83.6 Å². The maximum Gasteiger partial charge on any atom is 0.265 e. The highest BCUT2D eigenvalue weighted by Gasteiger charge is 2.36. The van der Waals surface area contributed by atoms with Gasteiger partial charge in [-0.1, -0.05) is 4.47 Å². The summed E-state index contributed by atoms with van der Waals surface area (Å²) in [6.07, 6.45) is 4.39. The second-order valence-corrected chi connectivity index (χ2v) is 10.6. The van der Waals surface area contributed by atoms with E-state index in [2.05, 4.69) is 18.7 Å². The van der Waals surface area contributed by atoms with Crippen LogP contribution in [0.4, 0.5) is 0 Å². The number of hydroxylamine groups is 1. The molecule has 4 N–H and O–H groups in total. The molecular formula is C22H39N3O5S. The predicted octanol–water partition coefficient (Wildman–Crippen LogP) is 3.05. The van der Waals surface area contributed by atoms with Crippen LogP contribution < -0.4 is 16.4 Å². The lowest BCUT2D eigenvalue weighted by atomic mass is 9.88. The lowest BCUT2D eigenvalue weighted by Crippen LogP contribution is -2.36. The van der Waals surface area contributed by atoms with Gasteiger partial charge in [0.25, 0.3) is 10.0 Å². The first-order valence-corrected chi connectivity index (χ1v) is 12.5. The number of nitrogens with zero attached hydrogens (tertiary/aromatic N) is 1. The lowest BCUT2D eigenvalue weighted by Gasteiger charge is -2.36. The van der Waals surface area contributed by atoms with Gasteiger partial charge in [0.2, 0.25) is 0 Å². The van der Waals surface area contributed by atoms with Gasteiger partial charge >= 0.3 is 0 Å². The standard InChI is InChI=1S/C22H39N3O5S/c1-16-17(2)21(18(3)19-10-11-22(4,5)30-20(16)19)31(26,27)25(29-15-9-12-23)13-7-6-8-14-28-24/h6-15,23-24H2,1-5H3. The fourth-order valence-electron chi connectivity index (χ4n) is 3.94. The molecule has 0 aliphatic carbocycles. The van der Waals surface area contributed by atoms with E-state index in [1.807, 2.05) is 20.8 Å². The Hall–Kier alpha value is -1.23. The molecule has 0 spiro atoms. The van der Waals surface area contributed by atoms with Crippen LogP contribution in [0.2, 0.25) is 0 Å². The molecule has 178 valence electrons. The van der Waals surface area contributed by atoms with Gasteiger partial charge in [-0.2, -0.15) is 0 Å². The summed E-state index contributed by atoms with van der Waals surface area (Å²) < 4.78 is 34.9. The summed E-state index contributed by atoms with van der Waals surface area (Å²) in [5.41, 5.74) is 8.60. The number of benzene rings is 1. The zero-order valence-electron chi connectivity index (χ0n) is 19.6. The van der Waals surface area contributed by atoms with Crippen LogP contribution in [0.3, 0.4) is 0 Å². The normalized spacial score (nSPS) is 15.7. The molecule has 1 aliphatic heterocycles. The zero-order valence-corrected chi connectivity index (χ0v) is 20.4. The van der Waals surface area contributed by atoms with Crippen LogP contribution in [0.1, 0.15) is 68.2 Å². The van der Waals surface area contributed by atoms with Crippen LogP contribution in [0.15, 0.2) is 4.90 Å². The number of fused-ring (bicyclic) bond motifs is 1. The quantitative estimate of drug-likeness (QED) is 0.366. The van der Waals surface area contributed by atoms with Crippen molar-refractivity contribution >= 4 is 10.0 Å². The molecule has 2 rings (SSSR count). The number of rotatable bonds is 12. The van der Waals surface area contributed by atoms with Gasteiger partial charge < -0.3 is 15.3 Å². The minimum Gasteiger partial charge on any atom is -0.487 e. The predicted molar refractivity (Wildman–Crippen MR) is 121 cm³/mol. The monoisotopic (exact) mass is 457 g/mol. The highest BCUT2D eigenvalue weighted by atomic mass is 32.2. The molecule has 1 aliphatic rings. The van der Waals surface area contributed by atoms with E-state index in [0.717, 1.165) is 52.6 Å². The molecule has 0 radical (unpaired) electrons. The SMILES string of the molecule is Cc1c(C)c(S(=O)(=O)N(CCCCCON)OCCCN)c(C)c2c1OC(C)(C)CC2. The third-order valence-electron chi connectivity index (χ3n) is 5.88. The van der Waals surface area contributed by atoms with Gasteiger partial charge in [0.1, 0.15) is 11.4 Å². The third kappa shape index (κ3) is 6.18. The number of sulfonamides is 1. The zero-order chi connectivity index (χ0) is 23.2. The van der Waals surface area contributed by atoms with E-state index in [9.17, 15) is 8.42 Å². The first-order chi connectivity index (χ1) is 14.6. The average molecular weight is 458 g/mol. The molecule has 0 bridgehead atoms. The van der Waals surface area contributed by atoms with Crippen molar-refractivity contribution < 1.29 is 22.8 Å². The Balaban J connectivity index is 2.40. The number of hydrogen-bond donors (Lipinski definition) is 2. The molecule has 0 amide bonds. The number of hydrogen-bond acceptors (Lipinski definition) is 7. The Morgan fingerprint density at radius 3 is 2.39 bits per heavy atom. The molecule has 1 heterocycles. The summed E-state index contributed by atoms with van der Waals surface area (Å²) >= 11 is 0. The first-order valence-electron chi connectivity index (χ1n) is 11.1. The molecule has 0 saturated carbocycles. The molecule has 0 fully saturated rings. The number of ether oxygens (including phenoxy) is 1. The van der Waals surface area contributed by atoms with Crippen molar-refractivity contribution in [2.24, 2.45) is 11.6 Å². The van der Waals surface area contributed by atoms with Crippen molar-refractivity contribution in [1.29, 1.82) is 0 Å². The van der Waals surface area contributed by atoms with Gasteiger partial charge in [0.05, 0.1) is 18.1 Å². The molecule has 8 nitrogen and oxygen atoms in total. The Labute approximate surface area is 187 Å². The Kier molecular flexibility index (Phi) is 9.29. The topological polar surface area (TPSA) is 117 Å². The van der Waals surface area contributed by atoms with E-state index in [4.69, 9.17) is 21.2 Å². The van der Waals surface area contributed by atoms with Crippen LogP contribution in [-0.2, 0) is 26.1 Å². The van der Waals surface area contributed by atoms with Crippen molar-refractivity contribution in [3.8, 4) is 5.75 Å². The highest BCUT2D eigenvalue weighted by Crippen LogP contribution is 2.42. The molecular weight excluding hydrogens is 418 g/mol. The van der Waals surface area contributed by atoms with Crippen LogP contribution in [-0.4, -0.2) is 44.8 Å². The summed E-state index contributed by atoms with van der Waals surface area (Å²) in [4.78, 5) is 10.6. The average Bonchev–Trinajstić information content (AvgIpc) is 2.69. The highest BCUT2D eigenvalue weighted by molar-refractivity contribution is 7.89. The fourth-order valence-corrected chi connectivity index (χ4v) is 5.78. The smallest absolute Gasteiger partial charge is 0.265 e. The molecule has 0 aromatic heterocycles. The van der Waals surface area contributed by atoms with Crippen LogP contribution in [0, 0.1) is 20.8 Å². The van der Waals surface area contributed by atoms with Gasteiger partial charge in [-0.15, -0.1) is 0 Å². The third-order valence-corrected chi connectivity index (χ3v) is 7.83. The molecule has 31 heavy (non-hydrogen) atoms. The Bertz CT molecular complexity index is 855. The van der Waals surface area contributed by atoms with Crippen LogP contribution >= 0.6 is 0 Å². The van der Waals surface area contributed by atoms with E-state index in [1.54, 1.807) is 0 Å². The summed E-state index contributed by atoms with van der Waals surface area (Å²) in [7, 11) is -3.86. The van der Waals surface area contributed by atoms with E-state index >= 15 is 0 Å². The summed E-state index contributed by atoms with van der Waals surface area (Å²) in [5, 5.41) is 0. The number of unbranched alkanes of at least 4 members (excludes halogenated alkanes) is 2. The molecule has 1 aromatic rings. The molecule has 1 aromatic carbocycles. The van der Waals surface area contributed by atoms with Crippen LogP contribution in [0.5, 0.6) is 5.75 Å². The van der Waals surface area contributed by atoms with Gasteiger partial charge in [0.15, 0.2) is 0 Å². The van der Waals surface area contributed by atoms with Crippen molar-refractivity contribution in [3.63, 3.8) is 0 Å². The lowest BCUT2D eigenvalue weighted by molar-refractivity contribution is -0.0855. The van der Waals surface area contributed by atoms with Gasteiger partial charge in [-0.3, -0.25) is 4.84 Å². The summed E-state index contributed by atoms with van der Waals surface area (Å²) in [6, 6.07) is 0. The first kappa shape index (κ1) is 26.0. The second kappa shape index (κ2) is 11.1. The summed E-state index contributed by atoms with van der Waals surface area (Å²) in [5.74, 6) is 5.89. The minimum atomic E-state index is -3.86. The van der Waals surface area contributed by atoms with Gasteiger partial charge in [-0.05, 0) is 102 Å². The molecule has 0 saturated heterocycles. The van der Waals surface area contributed by atoms with Crippen molar-refractivity contribution in [3.05, 3.63) is 22.3 Å². The minimum absolute atomic E-state index is 0.251. The van der Waals surface area contributed by atoms with E-state index < -0.39 is 10.0 Å². The van der Waals surface area contributed by atoms with E-state index in [-0.39, 0.29) is 18.8 Å². The van der Waals surface area contributed by atoms with E-state index in [0.29, 0.717) is 36.5 Å². The maximum atomic E-state index is 13.7. The summed E-state index contributed by atoms with van der Waals surface area (Å²) in [6.45, 7) is 11.2. The van der Waals surface area contributed by atoms with Crippen molar-refractivity contribution in [1.82, 2.24) is 4.47 Å². The largest absolute Gasteiger partial charge is 0.487 e. The Morgan fingerprint density at radius 1 is 1.03 bits per heavy atom. The van der Waals surface area contributed by atoms with Gasteiger partial charge in [0, 0.05) is 6.54 Å². The van der Waals surface area contributed by atoms with E-state index in [1.165, 1.54) is 0 Å². The fraction of sp³-hybridized carbons (Fsp3) is 0.727. The molecule has 0 atom stereocenters. The maximum absolute atomic E-state index is 13.7. The van der Waals surface area contributed by atoms with Crippen LogP contribution in [0.25, 0.3) is 0 Å². The molecule has 9 heteroatoms. The molecule has 0 unspecified atom stereocenters. The second-order valence-electron chi connectivity index (χ2n) is 8.81. The van der Waals surface area contributed by atoms with Gasteiger partial charge in [-0.25, -0.2) is 14.3 Å².